The Hall–Kier alpha value is -2.27. The molecule has 1 N–H and O–H groups in total. The molecule has 2 fully saturated rings. The van der Waals surface area contributed by atoms with Gasteiger partial charge in [0.25, 0.3) is 0 Å². The molecule has 2 unspecified atom stereocenters. The van der Waals surface area contributed by atoms with Crippen LogP contribution in [0.25, 0.3) is 10.8 Å². The molecule has 3 aromatic rings. The summed E-state index contributed by atoms with van der Waals surface area (Å²) in [5.74, 6) is 0. The van der Waals surface area contributed by atoms with E-state index in [1.807, 2.05) is 12.3 Å². The Labute approximate surface area is 159 Å². The summed E-state index contributed by atoms with van der Waals surface area (Å²) in [6.07, 6.45) is 5.08. The Bertz CT molecular complexity index is 929. The molecule has 4 heteroatoms. The van der Waals surface area contributed by atoms with Gasteiger partial charge < -0.3 is 9.84 Å². The first kappa shape index (κ1) is 16.9. The van der Waals surface area contributed by atoms with Crippen LogP contribution in [0.4, 0.5) is 0 Å². The van der Waals surface area contributed by atoms with Crippen molar-refractivity contribution in [3.05, 3.63) is 78.1 Å². The summed E-state index contributed by atoms with van der Waals surface area (Å²) >= 11 is 0. The molecule has 0 aliphatic carbocycles. The van der Waals surface area contributed by atoms with Crippen LogP contribution in [-0.4, -0.2) is 40.3 Å². The van der Waals surface area contributed by atoms with Crippen molar-refractivity contribution in [2.24, 2.45) is 0 Å². The fraction of sp³-hybridized carbons (Fsp3) is 0.348. The molecular formula is C23H24N2O2. The molecule has 2 atom stereocenters. The number of fused-ring (bicyclic) bond motifs is 3. The van der Waals surface area contributed by atoms with E-state index in [0.29, 0.717) is 26.1 Å². The van der Waals surface area contributed by atoms with Gasteiger partial charge in [0, 0.05) is 36.4 Å². The minimum atomic E-state index is -0.802. The predicted molar refractivity (Wildman–Crippen MR) is 105 cm³/mol. The third-order valence-corrected chi connectivity index (χ3v) is 6.09. The minimum Gasteiger partial charge on any atom is -0.385 e. The van der Waals surface area contributed by atoms with Crippen LogP contribution in [0.1, 0.15) is 24.0 Å². The van der Waals surface area contributed by atoms with Crippen LogP contribution in [0, 0.1) is 0 Å². The van der Waals surface area contributed by atoms with Gasteiger partial charge in [-0.3, -0.25) is 9.88 Å². The maximum Gasteiger partial charge on any atom is 0.0928 e. The maximum absolute atomic E-state index is 11.6. The van der Waals surface area contributed by atoms with Crippen LogP contribution in [0.3, 0.4) is 0 Å². The lowest BCUT2D eigenvalue weighted by atomic mass is 9.76. The predicted octanol–water partition coefficient (Wildman–Crippen LogP) is 3.49. The van der Waals surface area contributed by atoms with Crippen molar-refractivity contribution >= 4 is 10.8 Å². The highest BCUT2D eigenvalue weighted by Gasteiger charge is 2.46. The van der Waals surface area contributed by atoms with Gasteiger partial charge in [-0.1, -0.05) is 42.5 Å². The summed E-state index contributed by atoms with van der Waals surface area (Å²) < 4.78 is 5.84. The number of ether oxygens (including phenoxy) is 1. The molecule has 2 saturated heterocycles. The van der Waals surface area contributed by atoms with Gasteiger partial charge in [-0.25, -0.2) is 0 Å². The Morgan fingerprint density at radius 2 is 1.78 bits per heavy atom. The van der Waals surface area contributed by atoms with Gasteiger partial charge in [0.2, 0.25) is 0 Å². The van der Waals surface area contributed by atoms with E-state index in [0.717, 1.165) is 22.9 Å². The Balaban J connectivity index is 1.44. The zero-order chi connectivity index (χ0) is 18.3. The average molecular weight is 360 g/mol. The van der Waals surface area contributed by atoms with Gasteiger partial charge in [0.05, 0.1) is 18.8 Å². The maximum atomic E-state index is 11.6. The fourth-order valence-corrected chi connectivity index (χ4v) is 4.71. The highest BCUT2D eigenvalue weighted by molar-refractivity contribution is 5.82. The summed E-state index contributed by atoms with van der Waals surface area (Å²) in [5, 5.41) is 13.8. The van der Waals surface area contributed by atoms with Gasteiger partial charge in [-0.05, 0) is 41.5 Å². The fourth-order valence-electron chi connectivity index (χ4n) is 4.71. The van der Waals surface area contributed by atoms with Crippen molar-refractivity contribution in [2.75, 3.05) is 13.2 Å². The monoisotopic (exact) mass is 360 g/mol. The van der Waals surface area contributed by atoms with E-state index in [1.54, 1.807) is 6.20 Å². The molecule has 0 saturated carbocycles. The number of nitrogens with zero attached hydrogens (tertiary/aromatic N) is 2. The average Bonchev–Trinajstić information content (AvgIpc) is 2.69. The van der Waals surface area contributed by atoms with Gasteiger partial charge in [0.15, 0.2) is 0 Å². The van der Waals surface area contributed by atoms with E-state index >= 15 is 0 Å². The van der Waals surface area contributed by atoms with Crippen molar-refractivity contribution in [1.82, 2.24) is 9.88 Å². The quantitative estimate of drug-likeness (QED) is 0.777. The van der Waals surface area contributed by atoms with E-state index in [4.69, 9.17) is 4.74 Å². The zero-order valence-corrected chi connectivity index (χ0v) is 15.3. The molecule has 4 nitrogen and oxygen atoms in total. The number of morpholine rings is 1. The van der Waals surface area contributed by atoms with Crippen LogP contribution in [-0.2, 0) is 16.9 Å². The lowest BCUT2D eigenvalue weighted by Crippen LogP contribution is -2.60. The number of piperidine rings is 1. The lowest BCUT2D eigenvalue weighted by molar-refractivity contribution is -0.149. The third kappa shape index (κ3) is 3.14. The number of pyridine rings is 1. The molecule has 1 aromatic heterocycles. The number of rotatable bonds is 3. The minimum absolute atomic E-state index is 0.232. The molecule has 2 aliphatic rings. The SMILES string of the molecule is OC1(c2ccc3cnccc3c2)CC2COCC(C1)N2Cc1ccccc1. The highest BCUT2D eigenvalue weighted by Crippen LogP contribution is 2.42. The van der Waals surface area contributed by atoms with Crippen LogP contribution < -0.4 is 0 Å². The summed E-state index contributed by atoms with van der Waals surface area (Å²) in [5.41, 5.74) is 1.53. The second-order valence-corrected chi connectivity index (χ2v) is 7.88. The lowest BCUT2D eigenvalue weighted by Gasteiger charge is -2.52. The number of aromatic nitrogens is 1. The Morgan fingerprint density at radius 3 is 2.56 bits per heavy atom. The van der Waals surface area contributed by atoms with E-state index < -0.39 is 5.60 Å². The molecule has 138 valence electrons. The molecule has 2 aliphatic heterocycles. The van der Waals surface area contributed by atoms with Gasteiger partial charge in [-0.2, -0.15) is 0 Å². The molecular weight excluding hydrogens is 336 g/mol. The van der Waals surface area contributed by atoms with Crippen LogP contribution >= 0.6 is 0 Å². The van der Waals surface area contributed by atoms with Gasteiger partial charge in [0.1, 0.15) is 0 Å². The first-order chi connectivity index (χ1) is 13.2. The molecule has 2 aromatic carbocycles. The summed E-state index contributed by atoms with van der Waals surface area (Å²) in [6.45, 7) is 2.28. The normalized spacial score (nSPS) is 28.3. The number of hydrogen-bond donors (Lipinski definition) is 1. The largest absolute Gasteiger partial charge is 0.385 e. The van der Waals surface area contributed by atoms with E-state index in [-0.39, 0.29) is 12.1 Å². The van der Waals surface area contributed by atoms with E-state index in [2.05, 4.69) is 58.4 Å². The van der Waals surface area contributed by atoms with Gasteiger partial charge in [-0.15, -0.1) is 0 Å². The third-order valence-electron chi connectivity index (χ3n) is 6.09. The molecule has 0 radical (unpaired) electrons. The van der Waals surface area contributed by atoms with Crippen LogP contribution in [0.15, 0.2) is 67.0 Å². The van der Waals surface area contributed by atoms with Crippen LogP contribution in [0.2, 0.25) is 0 Å². The molecule has 3 heterocycles. The van der Waals surface area contributed by atoms with Crippen molar-refractivity contribution < 1.29 is 9.84 Å². The Morgan fingerprint density at radius 1 is 1.00 bits per heavy atom. The number of hydrogen-bond acceptors (Lipinski definition) is 4. The molecule has 27 heavy (non-hydrogen) atoms. The topological polar surface area (TPSA) is 45.6 Å². The highest BCUT2D eigenvalue weighted by atomic mass is 16.5. The van der Waals surface area contributed by atoms with E-state index in [1.165, 1.54) is 5.56 Å². The molecule has 0 amide bonds. The smallest absolute Gasteiger partial charge is 0.0928 e. The van der Waals surface area contributed by atoms with Crippen molar-refractivity contribution in [2.45, 2.75) is 37.1 Å². The number of aliphatic hydroxyl groups is 1. The molecule has 0 spiro atoms. The van der Waals surface area contributed by atoms with E-state index in [9.17, 15) is 5.11 Å². The number of benzene rings is 2. The zero-order valence-electron chi connectivity index (χ0n) is 15.3. The van der Waals surface area contributed by atoms with Crippen molar-refractivity contribution in [1.29, 1.82) is 0 Å². The van der Waals surface area contributed by atoms with Crippen molar-refractivity contribution in [3.63, 3.8) is 0 Å². The summed E-state index contributed by atoms with van der Waals surface area (Å²) in [6, 6.07) is 19.3. The first-order valence-electron chi connectivity index (χ1n) is 9.65. The second-order valence-electron chi connectivity index (χ2n) is 7.88. The Kier molecular flexibility index (Phi) is 4.20. The molecule has 2 bridgehead atoms. The van der Waals surface area contributed by atoms with Gasteiger partial charge >= 0.3 is 0 Å². The van der Waals surface area contributed by atoms with Crippen molar-refractivity contribution in [3.8, 4) is 0 Å². The summed E-state index contributed by atoms with van der Waals surface area (Å²) in [4.78, 5) is 6.71. The second kappa shape index (κ2) is 6.71. The van der Waals surface area contributed by atoms with Crippen LogP contribution in [0.5, 0.6) is 0 Å². The molecule has 5 rings (SSSR count). The standard InChI is InChI=1S/C23H24N2O2/c26-23(20-7-6-19-13-24-9-8-18(19)10-20)11-21-15-27-16-22(12-23)25(21)14-17-4-2-1-3-5-17/h1-10,13,21-22,26H,11-12,14-16H2. The first-order valence-corrected chi connectivity index (χ1v) is 9.65. The summed E-state index contributed by atoms with van der Waals surface area (Å²) in [7, 11) is 0.